The molecule has 1 aromatic rings. The first-order valence-corrected chi connectivity index (χ1v) is 6.92. The van der Waals surface area contributed by atoms with Gasteiger partial charge in [0.1, 0.15) is 0 Å². The van der Waals surface area contributed by atoms with E-state index in [2.05, 4.69) is 36.2 Å². The minimum absolute atomic E-state index is 0.0674. The largest absolute Gasteiger partial charge is 0.340 e. The van der Waals surface area contributed by atoms with Gasteiger partial charge in [0, 0.05) is 25.7 Å². The van der Waals surface area contributed by atoms with Crippen molar-refractivity contribution in [3.63, 3.8) is 0 Å². The quantitative estimate of drug-likeness (QED) is 0.882. The predicted octanol–water partition coefficient (Wildman–Crippen LogP) is 1.07. The molecule has 0 aromatic heterocycles. The second-order valence-electron chi connectivity index (χ2n) is 5.24. The molecule has 1 aliphatic rings. The maximum Gasteiger partial charge on any atom is 0.236 e. The van der Waals surface area contributed by atoms with Crippen LogP contribution in [0.2, 0.25) is 0 Å². The van der Waals surface area contributed by atoms with Crippen LogP contribution in [0.4, 0.5) is 0 Å². The number of likely N-dealkylation sites (tertiary alicyclic amines) is 1. The molecule has 19 heavy (non-hydrogen) atoms. The van der Waals surface area contributed by atoms with Crippen LogP contribution < -0.4 is 5.73 Å². The van der Waals surface area contributed by atoms with Crippen molar-refractivity contribution in [1.29, 1.82) is 0 Å². The zero-order chi connectivity index (χ0) is 13.7. The average molecular weight is 261 g/mol. The number of piperidine rings is 1. The van der Waals surface area contributed by atoms with E-state index in [0.29, 0.717) is 6.04 Å². The highest BCUT2D eigenvalue weighted by atomic mass is 16.2. The van der Waals surface area contributed by atoms with Crippen molar-refractivity contribution in [2.75, 3.05) is 26.7 Å². The Morgan fingerprint density at radius 2 is 2.16 bits per heavy atom. The first-order chi connectivity index (χ1) is 9.20. The predicted molar refractivity (Wildman–Crippen MR) is 76.6 cm³/mol. The molecular formula is C15H23N3O. The molecule has 0 unspecified atom stereocenters. The van der Waals surface area contributed by atoms with Crippen LogP contribution in [0.1, 0.15) is 18.4 Å². The Morgan fingerprint density at radius 3 is 2.84 bits per heavy atom. The van der Waals surface area contributed by atoms with Gasteiger partial charge in [0.05, 0.1) is 6.54 Å². The van der Waals surface area contributed by atoms with Gasteiger partial charge < -0.3 is 10.6 Å². The highest BCUT2D eigenvalue weighted by Crippen LogP contribution is 2.16. The molecule has 0 saturated carbocycles. The summed E-state index contributed by atoms with van der Waals surface area (Å²) in [6.45, 7) is 2.70. The molecular weight excluding hydrogens is 238 g/mol. The summed E-state index contributed by atoms with van der Waals surface area (Å²) in [7, 11) is 2.13. The van der Waals surface area contributed by atoms with E-state index >= 15 is 0 Å². The molecule has 2 rings (SSSR count). The molecule has 2 N–H and O–H groups in total. The lowest BCUT2D eigenvalue weighted by Crippen LogP contribution is -2.49. The lowest BCUT2D eigenvalue weighted by atomic mass is 10.0. The summed E-state index contributed by atoms with van der Waals surface area (Å²) in [6.07, 6.45) is 2.22. The topological polar surface area (TPSA) is 49.6 Å². The third-order valence-electron chi connectivity index (χ3n) is 3.82. The summed E-state index contributed by atoms with van der Waals surface area (Å²) >= 11 is 0. The normalized spacial score (nSPS) is 19.7. The molecule has 104 valence electrons. The zero-order valence-corrected chi connectivity index (χ0v) is 11.6. The summed E-state index contributed by atoms with van der Waals surface area (Å²) in [6, 6.07) is 10.9. The van der Waals surface area contributed by atoms with E-state index < -0.39 is 0 Å². The van der Waals surface area contributed by atoms with Gasteiger partial charge in [-0.25, -0.2) is 0 Å². The van der Waals surface area contributed by atoms with Gasteiger partial charge in [-0.1, -0.05) is 30.3 Å². The van der Waals surface area contributed by atoms with Crippen molar-refractivity contribution >= 4 is 5.91 Å². The molecule has 0 aliphatic carbocycles. The van der Waals surface area contributed by atoms with Crippen LogP contribution in [-0.2, 0) is 11.3 Å². The number of nitrogens with two attached hydrogens (primary N) is 1. The van der Waals surface area contributed by atoms with Gasteiger partial charge in [-0.2, -0.15) is 0 Å². The Balaban J connectivity index is 1.92. The Labute approximate surface area is 115 Å². The molecule has 0 radical (unpaired) electrons. The highest BCUT2D eigenvalue weighted by molar-refractivity contribution is 5.78. The molecule has 1 aliphatic heterocycles. The third kappa shape index (κ3) is 3.78. The number of rotatable bonds is 4. The maximum atomic E-state index is 11.7. The summed E-state index contributed by atoms with van der Waals surface area (Å²) in [4.78, 5) is 15.9. The number of amides is 1. The van der Waals surface area contributed by atoms with E-state index in [1.54, 1.807) is 0 Å². The van der Waals surface area contributed by atoms with Gasteiger partial charge in [-0.3, -0.25) is 9.69 Å². The summed E-state index contributed by atoms with van der Waals surface area (Å²) in [5.74, 6) is 0.0674. The average Bonchev–Trinajstić information content (AvgIpc) is 2.47. The zero-order valence-electron chi connectivity index (χ0n) is 11.6. The molecule has 4 heteroatoms. The fourth-order valence-corrected chi connectivity index (χ4v) is 2.67. The molecule has 0 bridgehead atoms. The lowest BCUT2D eigenvalue weighted by Gasteiger charge is -2.37. The summed E-state index contributed by atoms with van der Waals surface area (Å²) in [5, 5.41) is 0. The van der Waals surface area contributed by atoms with E-state index in [1.807, 2.05) is 11.0 Å². The van der Waals surface area contributed by atoms with Gasteiger partial charge >= 0.3 is 0 Å². The lowest BCUT2D eigenvalue weighted by molar-refractivity contribution is -0.131. The number of carbonyl (C=O) groups is 1. The smallest absolute Gasteiger partial charge is 0.236 e. The van der Waals surface area contributed by atoms with Crippen LogP contribution in [-0.4, -0.2) is 48.4 Å². The van der Waals surface area contributed by atoms with Crippen molar-refractivity contribution in [1.82, 2.24) is 9.80 Å². The van der Waals surface area contributed by atoms with E-state index in [0.717, 1.165) is 32.5 Å². The summed E-state index contributed by atoms with van der Waals surface area (Å²) in [5.41, 5.74) is 6.76. The van der Waals surface area contributed by atoms with Gasteiger partial charge in [-0.05, 0) is 25.5 Å². The van der Waals surface area contributed by atoms with E-state index in [1.165, 1.54) is 5.56 Å². The Kier molecular flexibility index (Phi) is 4.93. The number of carbonyl (C=O) groups excluding carboxylic acids is 1. The maximum absolute atomic E-state index is 11.7. The van der Waals surface area contributed by atoms with Crippen molar-refractivity contribution in [2.45, 2.75) is 25.4 Å². The van der Waals surface area contributed by atoms with Gasteiger partial charge in [-0.15, -0.1) is 0 Å². The minimum Gasteiger partial charge on any atom is -0.340 e. The number of benzene rings is 1. The highest BCUT2D eigenvalue weighted by Gasteiger charge is 2.25. The van der Waals surface area contributed by atoms with Crippen molar-refractivity contribution in [2.24, 2.45) is 5.73 Å². The van der Waals surface area contributed by atoms with Crippen molar-refractivity contribution in [3.8, 4) is 0 Å². The minimum atomic E-state index is 0.0674. The van der Waals surface area contributed by atoms with Crippen molar-refractivity contribution < 1.29 is 4.79 Å². The number of likely N-dealkylation sites (N-methyl/N-ethyl adjacent to an activating group) is 1. The van der Waals surface area contributed by atoms with Gasteiger partial charge in [0.15, 0.2) is 0 Å². The third-order valence-corrected chi connectivity index (χ3v) is 3.82. The number of hydrogen-bond acceptors (Lipinski definition) is 3. The van der Waals surface area contributed by atoms with Crippen LogP contribution >= 0.6 is 0 Å². The van der Waals surface area contributed by atoms with E-state index in [-0.39, 0.29) is 12.5 Å². The molecule has 1 heterocycles. The molecule has 4 nitrogen and oxygen atoms in total. The fraction of sp³-hybridized carbons (Fsp3) is 0.533. The van der Waals surface area contributed by atoms with Crippen LogP contribution in [0, 0.1) is 0 Å². The number of hydrogen-bond donors (Lipinski definition) is 1. The molecule has 1 fully saturated rings. The Morgan fingerprint density at radius 1 is 1.42 bits per heavy atom. The van der Waals surface area contributed by atoms with E-state index in [4.69, 9.17) is 5.73 Å². The SMILES string of the molecule is CN(Cc1ccccc1)[C@@H]1CCCN(C(=O)CN)C1. The number of nitrogens with zero attached hydrogens (tertiary/aromatic N) is 2. The Bertz CT molecular complexity index is 407. The monoisotopic (exact) mass is 261 g/mol. The molecule has 1 saturated heterocycles. The van der Waals surface area contributed by atoms with Gasteiger partial charge in [0.2, 0.25) is 5.91 Å². The second kappa shape index (κ2) is 6.68. The van der Waals surface area contributed by atoms with Crippen LogP contribution in [0.3, 0.4) is 0 Å². The second-order valence-corrected chi connectivity index (χ2v) is 5.24. The first-order valence-electron chi connectivity index (χ1n) is 6.92. The summed E-state index contributed by atoms with van der Waals surface area (Å²) < 4.78 is 0. The van der Waals surface area contributed by atoms with Gasteiger partial charge in [0.25, 0.3) is 0 Å². The first kappa shape index (κ1) is 14.0. The fourth-order valence-electron chi connectivity index (χ4n) is 2.67. The van der Waals surface area contributed by atoms with Crippen molar-refractivity contribution in [3.05, 3.63) is 35.9 Å². The standard InChI is InChI=1S/C15H23N3O/c1-17(11-13-6-3-2-4-7-13)14-8-5-9-18(12-14)15(19)10-16/h2-4,6-7,14H,5,8-12,16H2,1H3/t14-/m1/s1. The molecule has 0 spiro atoms. The Hall–Kier alpha value is -1.39. The molecule has 1 atom stereocenters. The van der Waals surface area contributed by atoms with Crippen LogP contribution in [0.15, 0.2) is 30.3 Å². The molecule has 1 amide bonds. The van der Waals surface area contributed by atoms with Crippen LogP contribution in [0.25, 0.3) is 0 Å². The van der Waals surface area contributed by atoms with E-state index in [9.17, 15) is 4.79 Å². The molecule has 1 aromatic carbocycles. The van der Waals surface area contributed by atoms with Crippen LogP contribution in [0.5, 0.6) is 0 Å².